The van der Waals surface area contributed by atoms with Crippen molar-refractivity contribution in [2.24, 2.45) is 0 Å². The van der Waals surface area contributed by atoms with E-state index in [1.807, 2.05) is 0 Å². The molecule has 8 heteroatoms. The summed E-state index contributed by atoms with van der Waals surface area (Å²) in [6, 6.07) is -0.953. The highest BCUT2D eigenvalue weighted by Crippen LogP contribution is 2.21. The van der Waals surface area contributed by atoms with Gasteiger partial charge in [-0.05, 0) is 0 Å². The van der Waals surface area contributed by atoms with Crippen LogP contribution in [0.4, 0.5) is 4.79 Å². The average molecular weight is 288 g/mol. The average Bonchev–Trinajstić information content (AvgIpc) is 2.92. The highest BCUT2D eigenvalue weighted by atomic mass is 32.2. The van der Waals surface area contributed by atoms with Crippen LogP contribution < -0.4 is 0 Å². The van der Waals surface area contributed by atoms with E-state index in [1.165, 1.54) is 16.7 Å². The van der Waals surface area contributed by atoms with E-state index in [9.17, 15) is 19.5 Å². The number of aliphatic carboxylic acids is 1. The summed E-state index contributed by atoms with van der Waals surface area (Å²) in [4.78, 5) is 37.1. The van der Waals surface area contributed by atoms with Gasteiger partial charge in [-0.1, -0.05) is 11.8 Å². The van der Waals surface area contributed by atoms with Crippen LogP contribution in [0.15, 0.2) is 0 Å². The van der Waals surface area contributed by atoms with Crippen LogP contribution in [0.3, 0.4) is 0 Å². The molecule has 2 aliphatic rings. The van der Waals surface area contributed by atoms with Crippen LogP contribution >= 0.6 is 11.8 Å². The van der Waals surface area contributed by atoms with Gasteiger partial charge in [-0.25, -0.2) is 4.79 Å². The lowest BCUT2D eigenvalue weighted by Crippen LogP contribution is -2.42. The predicted molar refractivity (Wildman–Crippen MR) is 67.8 cm³/mol. The Morgan fingerprint density at radius 3 is 2.74 bits per heavy atom. The quantitative estimate of drug-likeness (QED) is 0.730. The number of aliphatic hydroxyl groups excluding tert-OH is 1. The highest BCUT2D eigenvalue weighted by Gasteiger charge is 2.38. The van der Waals surface area contributed by atoms with Gasteiger partial charge in [0.15, 0.2) is 0 Å². The van der Waals surface area contributed by atoms with Crippen LogP contribution in [0.2, 0.25) is 0 Å². The first-order valence-electron chi connectivity index (χ1n) is 6.11. The van der Waals surface area contributed by atoms with Gasteiger partial charge in [0.25, 0.3) is 5.24 Å². The SMILES string of the molecule is O=C(O)[C@@H]1C[C@H](O)CN1C(=O)CCN1CCSC1=O. The summed E-state index contributed by atoms with van der Waals surface area (Å²) >= 11 is 1.22. The molecule has 0 bridgehead atoms. The molecule has 2 rings (SSSR count). The van der Waals surface area contributed by atoms with Crippen molar-refractivity contribution in [1.82, 2.24) is 9.80 Å². The van der Waals surface area contributed by atoms with Gasteiger partial charge in [0.1, 0.15) is 6.04 Å². The number of carboxylic acids is 1. The number of aliphatic hydroxyl groups is 1. The molecule has 0 radical (unpaired) electrons. The van der Waals surface area contributed by atoms with Crippen molar-refractivity contribution in [3.8, 4) is 0 Å². The monoisotopic (exact) mass is 288 g/mol. The molecule has 2 heterocycles. The Kier molecular flexibility index (Phi) is 4.31. The molecule has 106 valence electrons. The molecular weight excluding hydrogens is 272 g/mol. The zero-order chi connectivity index (χ0) is 14.0. The van der Waals surface area contributed by atoms with E-state index >= 15 is 0 Å². The molecule has 0 aromatic heterocycles. The normalized spacial score (nSPS) is 27.1. The van der Waals surface area contributed by atoms with E-state index in [2.05, 4.69) is 0 Å². The van der Waals surface area contributed by atoms with Gasteiger partial charge in [-0.3, -0.25) is 9.59 Å². The number of nitrogens with zero attached hydrogens (tertiary/aromatic N) is 2. The van der Waals surface area contributed by atoms with Gasteiger partial charge >= 0.3 is 5.97 Å². The summed E-state index contributed by atoms with van der Waals surface area (Å²) in [5, 5.41) is 18.4. The number of carbonyl (C=O) groups excluding carboxylic acids is 2. The van der Waals surface area contributed by atoms with E-state index in [1.54, 1.807) is 4.90 Å². The number of likely N-dealkylation sites (tertiary alicyclic amines) is 1. The van der Waals surface area contributed by atoms with Gasteiger partial charge in [0, 0.05) is 38.2 Å². The Labute approximate surface area is 114 Å². The minimum absolute atomic E-state index is 0.0379. The minimum Gasteiger partial charge on any atom is -0.480 e. The standard InChI is InChI=1S/C11H16N2O5S/c14-7-5-8(10(16)17)13(6-7)9(15)1-2-12-3-4-19-11(12)18/h7-8,14H,1-6H2,(H,16,17)/t7-,8-/m0/s1. The molecule has 2 aliphatic heterocycles. The number of β-amino-alcohol motifs (C(OH)–C–C–N with tert-alkyl or cyclic N) is 1. The predicted octanol–water partition coefficient (Wildman–Crippen LogP) is -0.408. The van der Waals surface area contributed by atoms with Crippen molar-refractivity contribution in [3.05, 3.63) is 0 Å². The molecule has 0 unspecified atom stereocenters. The molecule has 2 fully saturated rings. The first kappa shape index (κ1) is 14.1. The molecule has 0 spiro atoms. The van der Waals surface area contributed by atoms with Gasteiger partial charge in [0.2, 0.25) is 5.91 Å². The maximum absolute atomic E-state index is 12.0. The zero-order valence-corrected chi connectivity index (χ0v) is 11.1. The van der Waals surface area contributed by atoms with Crippen LogP contribution in [0, 0.1) is 0 Å². The largest absolute Gasteiger partial charge is 0.480 e. The van der Waals surface area contributed by atoms with Crippen molar-refractivity contribution in [1.29, 1.82) is 0 Å². The third kappa shape index (κ3) is 3.19. The molecule has 2 N–H and O–H groups in total. The number of amides is 2. The molecule has 2 saturated heterocycles. The van der Waals surface area contributed by atoms with Crippen LogP contribution in [-0.2, 0) is 9.59 Å². The fraction of sp³-hybridized carbons (Fsp3) is 0.727. The van der Waals surface area contributed by atoms with Crippen molar-refractivity contribution < 1.29 is 24.6 Å². The molecule has 0 aromatic rings. The third-order valence-corrected chi connectivity index (χ3v) is 4.22. The molecule has 0 saturated carbocycles. The number of carboxylic acid groups (broad SMARTS) is 1. The Bertz CT molecular complexity index is 403. The van der Waals surface area contributed by atoms with E-state index < -0.39 is 18.1 Å². The fourth-order valence-corrected chi connectivity index (χ4v) is 3.18. The number of carbonyl (C=O) groups is 3. The van der Waals surface area contributed by atoms with E-state index in [0.717, 1.165) is 5.75 Å². The van der Waals surface area contributed by atoms with Crippen molar-refractivity contribution >= 4 is 28.9 Å². The fourth-order valence-electron chi connectivity index (χ4n) is 2.33. The Balaban J connectivity index is 1.88. The maximum atomic E-state index is 12.0. The summed E-state index contributed by atoms with van der Waals surface area (Å²) in [5.74, 6) is -0.695. The number of rotatable bonds is 4. The summed E-state index contributed by atoms with van der Waals surface area (Å²) in [7, 11) is 0. The van der Waals surface area contributed by atoms with Gasteiger partial charge < -0.3 is 20.0 Å². The second kappa shape index (κ2) is 5.79. The number of thioether (sulfide) groups is 1. The summed E-state index contributed by atoms with van der Waals surface area (Å²) in [5.41, 5.74) is 0. The smallest absolute Gasteiger partial charge is 0.326 e. The molecule has 7 nitrogen and oxygen atoms in total. The van der Waals surface area contributed by atoms with E-state index in [0.29, 0.717) is 13.1 Å². The Morgan fingerprint density at radius 2 is 2.16 bits per heavy atom. The summed E-state index contributed by atoms with van der Waals surface area (Å²) in [6.45, 7) is 0.990. The molecular formula is C11H16N2O5S. The topological polar surface area (TPSA) is 98.2 Å². The number of hydrogen-bond acceptors (Lipinski definition) is 5. The van der Waals surface area contributed by atoms with Crippen molar-refractivity contribution in [2.75, 3.05) is 25.4 Å². The molecule has 0 aliphatic carbocycles. The van der Waals surface area contributed by atoms with Gasteiger partial charge in [-0.15, -0.1) is 0 Å². The lowest BCUT2D eigenvalue weighted by atomic mass is 10.2. The molecule has 2 atom stereocenters. The van der Waals surface area contributed by atoms with Gasteiger partial charge in [-0.2, -0.15) is 0 Å². The van der Waals surface area contributed by atoms with E-state index in [4.69, 9.17) is 5.11 Å². The summed E-state index contributed by atoms with van der Waals surface area (Å²) < 4.78 is 0. The highest BCUT2D eigenvalue weighted by molar-refractivity contribution is 8.13. The van der Waals surface area contributed by atoms with Crippen LogP contribution in [0.1, 0.15) is 12.8 Å². The van der Waals surface area contributed by atoms with Crippen molar-refractivity contribution in [2.45, 2.75) is 25.0 Å². The third-order valence-electron chi connectivity index (χ3n) is 3.32. The lowest BCUT2D eigenvalue weighted by molar-refractivity contribution is -0.148. The zero-order valence-electron chi connectivity index (χ0n) is 10.3. The van der Waals surface area contributed by atoms with Crippen molar-refractivity contribution in [3.63, 3.8) is 0 Å². The molecule has 0 aromatic carbocycles. The Hall–Kier alpha value is -1.28. The van der Waals surface area contributed by atoms with E-state index in [-0.39, 0.29) is 30.5 Å². The molecule has 2 amide bonds. The minimum atomic E-state index is -1.10. The lowest BCUT2D eigenvalue weighted by Gasteiger charge is -2.22. The second-order valence-corrected chi connectivity index (χ2v) is 5.69. The maximum Gasteiger partial charge on any atom is 0.326 e. The van der Waals surface area contributed by atoms with Crippen LogP contribution in [0.25, 0.3) is 0 Å². The summed E-state index contributed by atoms with van der Waals surface area (Å²) in [6.07, 6.45) is -0.614. The first-order valence-corrected chi connectivity index (χ1v) is 7.09. The second-order valence-electron chi connectivity index (χ2n) is 4.64. The van der Waals surface area contributed by atoms with Crippen LogP contribution in [-0.4, -0.2) is 74.7 Å². The number of hydrogen-bond donors (Lipinski definition) is 2. The van der Waals surface area contributed by atoms with Crippen LogP contribution in [0.5, 0.6) is 0 Å². The first-order chi connectivity index (χ1) is 8.99. The Morgan fingerprint density at radius 1 is 1.42 bits per heavy atom. The van der Waals surface area contributed by atoms with Gasteiger partial charge in [0.05, 0.1) is 6.10 Å². The molecule has 19 heavy (non-hydrogen) atoms.